The molecule has 0 amide bonds. The van der Waals surface area contributed by atoms with Gasteiger partial charge in [-0.15, -0.1) is 0 Å². The van der Waals surface area contributed by atoms with Crippen molar-refractivity contribution >= 4 is 0 Å². The van der Waals surface area contributed by atoms with Gasteiger partial charge in [0, 0.05) is 6.61 Å². The first-order chi connectivity index (χ1) is 21.9. The summed E-state index contributed by atoms with van der Waals surface area (Å²) < 4.78 is 66.0. The molecular formula is C32H56O12. The number of hydrogen-bond acceptors (Lipinski definition) is 12. The normalized spacial score (nSPS) is 15.2. The number of ether oxygens (including phenoxy) is 12. The maximum Gasteiger partial charge on any atom is 0.157 e. The van der Waals surface area contributed by atoms with Gasteiger partial charge in [-0.05, 0) is 24.8 Å². The Hall–Kier alpha value is -1.26. The Labute approximate surface area is 263 Å². The van der Waals surface area contributed by atoms with Gasteiger partial charge in [0.05, 0.1) is 139 Å². The molecule has 0 N–H and O–H groups in total. The van der Waals surface area contributed by atoms with E-state index in [1.807, 2.05) is 30.3 Å². The molecule has 0 radical (unpaired) electrons. The first-order valence-electron chi connectivity index (χ1n) is 16.0. The molecule has 0 spiro atoms. The maximum absolute atomic E-state index is 5.61. The van der Waals surface area contributed by atoms with Crippen LogP contribution in [0.4, 0.5) is 0 Å². The molecule has 12 heteroatoms. The minimum absolute atomic E-state index is 0.0638. The highest BCUT2D eigenvalue weighted by Crippen LogP contribution is 2.13. The average Bonchev–Trinajstić information content (AvgIpc) is 3.06. The maximum atomic E-state index is 5.61. The fraction of sp³-hybridized carbons (Fsp3) is 0.812. The summed E-state index contributed by atoms with van der Waals surface area (Å²) in [5.41, 5.74) is 1.16. The van der Waals surface area contributed by atoms with Crippen LogP contribution < -0.4 is 0 Å². The van der Waals surface area contributed by atoms with Gasteiger partial charge in [0.15, 0.2) is 6.29 Å². The van der Waals surface area contributed by atoms with Gasteiger partial charge >= 0.3 is 0 Å². The molecule has 1 unspecified atom stereocenters. The van der Waals surface area contributed by atoms with Crippen molar-refractivity contribution in [3.8, 4) is 0 Å². The van der Waals surface area contributed by atoms with Crippen molar-refractivity contribution < 1.29 is 56.8 Å². The van der Waals surface area contributed by atoms with Gasteiger partial charge < -0.3 is 56.8 Å². The van der Waals surface area contributed by atoms with Gasteiger partial charge in [0.25, 0.3) is 0 Å². The molecule has 2 rings (SSSR count). The van der Waals surface area contributed by atoms with Crippen LogP contribution in [0.25, 0.3) is 0 Å². The summed E-state index contributed by atoms with van der Waals surface area (Å²) in [6.45, 7) is 12.0. The summed E-state index contributed by atoms with van der Waals surface area (Å²) in [7, 11) is 0. The Balaban J connectivity index is 1.13. The number of hydrogen-bond donors (Lipinski definition) is 0. The van der Waals surface area contributed by atoms with E-state index in [1.165, 1.54) is 6.42 Å². The number of benzene rings is 1. The molecule has 0 bridgehead atoms. The topological polar surface area (TPSA) is 111 Å². The van der Waals surface area contributed by atoms with E-state index >= 15 is 0 Å². The summed E-state index contributed by atoms with van der Waals surface area (Å²) in [4.78, 5) is 0. The molecule has 12 nitrogen and oxygen atoms in total. The van der Waals surface area contributed by atoms with Gasteiger partial charge in [-0.1, -0.05) is 30.3 Å². The van der Waals surface area contributed by atoms with E-state index in [0.29, 0.717) is 139 Å². The third-order valence-corrected chi connectivity index (χ3v) is 6.13. The SMILES string of the molecule is c1ccc(COCCOCCOCCOCCOCCOCCOCCOCCOCCOCCOC2CCCCO2)cc1. The summed E-state index contributed by atoms with van der Waals surface area (Å²) in [5.74, 6) is 0. The minimum atomic E-state index is -0.0638. The van der Waals surface area contributed by atoms with Gasteiger partial charge in [0.2, 0.25) is 0 Å². The highest BCUT2D eigenvalue weighted by Gasteiger charge is 2.13. The average molecular weight is 633 g/mol. The smallest absolute Gasteiger partial charge is 0.157 e. The van der Waals surface area contributed by atoms with Gasteiger partial charge in [-0.25, -0.2) is 0 Å². The summed E-state index contributed by atoms with van der Waals surface area (Å²) in [6, 6.07) is 10.1. The van der Waals surface area contributed by atoms with E-state index in [0.717, 1.165) is 25.0 Å². The summed E-state index contributed by atoms with van der Waals surface area (Å²) in [5, 5.41) is 0. The van der Waals surface area contributed by atoms with Crippen LogP contribution in [0.2, 0.25) is 0 Å². The molecule has 1 aliphatic rings. The fourth-order valence-corrected chi connectivity index (χ4v) is 3.82. The zero-order valence-electron chi connectivity index (χ0n) is 26.5. The van der Waals surface area contributed by atoms with Crippen LogP contribution in [0.15, 0.2) is 30.3 Å². The van der Waals surface area contributed by atoms with Crippen molar-refractivity contribution in [2.24, 2.45) is 0 Å². The molecule has 0 saturated carbocycles. The minimum Gasteiger partial charge on any atom is -0.377 e. The molecule has 44 heavy (non-hydrogen) atoms. The molecule has 256 valence electrons. The first kappa shape index (κ1) is 38.9. The quantitative estimate of drug-likeness (QED) is 0.106. The molecule has 1 aromatic rings. The van der Waals surface area contributed by atoms with Crippen LogP contribution in [0, 0.1) is 0 Å². The second-order valence-corrected chi connectivity index (χ2v) is 9.72. The molecule has 1 aliphatic heterocycles. The van der Waals surface area contributed by atoms with E-state index in [4.69, 9.17) is 56.8 Å². The number of rotatable bonds is 33. The van der Waals surface area contributed by atoms with Crippen molar-refractivity contribution in [3.05, 3.63) is 35.9 Å². The van der Waals surface area contributed by atoms with E-state index in [9.17, 15) is 0 Å². The first-order valence-corrected chi connectivity index (χ1v) is 16.0. The molecule has 1 fully saturated rings. The summed E-state index contributed by atoms with van der Waals surface area (Å²) in [6.07, 6.45) is 3.20. The van der Waals surface area contributed by atoms with Crippen LogP contribution in [-0.4, -0.2) is 145 Å². The second-order valence-electron chi connectivity index (χ2n) is 9.72. The van der Waals surface area contributed by atoms with Crippen molar-refractivity contribution in [2.45, 2.75) is 32.2 Å². The zero-order valence-corrected chi connectivity index (χ0v) is 26.5. The lowest BCUT2D eigenvalue weighted by atomic mass is 10.2. The molecular weight excluding hydrogens is 576 g/mol. The van der Waals surface area contributed by atoms with E-state index in [-0.39, 0.29) is 6.29 Å². The Kier molecular flexibility index (Phi) is 28.1. The highest BCUT2D eigenvalue weighted by atomic mass is 16.7. The van der Waals surface area contributed by atoms with Crippen LogP contribution >= 0.6 is 0 Å². The Morgan fingerprint density at radius 2 is 0.795 bits per heavy atom. The van der Waals surface area contributed by atoms with Crippen LogP contribution in [0.5, 0.6) is 0 Å². The van der Waals surface area contributed by atoms with Crippen molar-refractivity contribution in [1.29, 1.82) is 0 Å². The van der Waals surface area contributed by atoms with E-state index < -0.39 is 0 Å². The lowest BCUT2D eigenvalue weighted by Crippen LogP contribution is -2.24. The van der Waals surface area contributed by atoms with E-state index in [2.05, 4.69) is 0 Å². The fourth-order valence-electron chi connectivity index (χ4n) is 3.82. The molecule has 0 aliphatic carbocycles. The monoisotopic (exact) mass is 632 g/mol. The van der Waals surface area contributed by atoms with Gasteiger partial charge in [-0.3, -0.25) is 0 Å². The van der Waals surface area contributed by atoms with Gasteiger partial charge in [-0.2, -0.15) is 0 Å². The van der Waals surface area contributed by atoms with Crippen molar-refractivity contribution in [2.75, 3.05) is 139 Å². The van der Waals surface area contributed by atoms with Crippen LogP contribution in [-0.2, 0) is 63.4 Å². The molecule has 1 heterocycles. The molecule has 1 aromatic carbocycles. The lowest BCUT2D eigenvalue weighted by Gasteiger charge is -2.22. The predicted molar refractivity (Wildman–Crippen MR) is 163 cm³/mol. The van der Waals surface area contributed by atoms with Crippen molar-refractivity contribution in [1.82, 2.24) is 0 Å². The summed E-state index contributed by atoms with van der Waals surface area (Å²) >= 11 is 0. The zero-order chi connectivity index (χ0) is 30.9. The van der Waals surface area contributed by atoms with E-state index in [1.54, 1.807) is 0 Å². The third-order valence-electron chi connectivity index (χ3n) is 6.13. The molecule has 1 atom stereocenters. The van der Waals surface area contributed by atoms with Crippen LogP contribution in [0.3, 0.4) is 0 Å². The Morgan fingerprint density at radius 1 is 0.432 bits per heavy atom. The van der Waals surface area contributed by atoms with Crippen LogP contribution in [0.1, 0.15) is 24.8 Å². The molecule has 1 saturated heterocycles. The molecule has 0 aromatic heterocycles. The predicted octanol–water partition coefficient (Wildman–Crippen LogP) is 2.90. The Morgan fingerprint density at radius 3 is 1.16 bits per heavy atom. The standard InChI is InChI=1S/C32H56O12/c1-2-6-31(7-3-1)30-42-27-26-40-23-22-38-19-18-36-15-14-34-11-10-33-12-13-35-16-17-37-20-21-39-24-25-41-28-29-44-32-8-4-5-9-43-32/h1-3,6-7,32H,4-5,8-30H2. The largest absolute Gasteiger partial charge is 0.377 e. The van der Waals surface area contributed by atoms with Crippen molar-refractivity contribution in [3.63, 3.8) is 0 Å². The lowest BCUT2D eigenvalue weighted by molar-refractivity contribution is -0.169. The Bertz CT molecular complexity index is 693. The highest BCUT2D eigenvalue weighted by molar-refractivity contribution is 5.13. The third kappa shape index (κ3) is 26.0. The second kappa shape index (κ2) is 31.7. The van der Waals surface area contributed by atoms with Gasteiger partial charge in [0.1, 0.15) is 0 Å².